The first-order chi connectivity index (χ1) is 15.5. The molecule has 0 saturated carbocycles. The van der Waals surface area contributed by atoms with Gasteiger partial charge < -0.3 is 15.0 Å². The number of piperidine rings is 1. The van der Waals surface area contributed by atoms with E-state index < -0.39 is 0 Å². The van der Waals surface area contributed by atoms with E-state index in [2.05, 4.69) is 47.5 Å². The van der Waals surface area contributed by atoms with Crippen LogP contribution in [0, 0.1) is 12.8 Å². The summed E-state index contributed by atoms with van der Waals surface area (Å²) < 4.78 is 5.23. The van der Waals surface area contributed by atoms with E-state index in [0.717, 1.165) is 59.8 Å². The summed E-state index contributed by atoms with van der Waals surface area (Å²) in [5, 5.41) is 5.44. The molecule has 0 radical (unpaired) electrons. The highest BCUT2D eigenvalue weighted by atomic mass is 35.5. The highest BCUT2D eigenvalue weighted by Crippen LogP contribution is 2.29. The molecule has 2 aromatic carbocycles. The van der Waals surface area contributed by atoms with Gasteiger partial charge in [-0.2, -0.15) is 0 Å². The van der Waals surface area contributed by atoms with E-state index in [-0.39, 0.29) is 11.9 Å². The summed E-state index contributed by atoms with van der Waals surface area (Å²) >= 11 is 6.12. The van der Waals surface area contributed by atoms with E-state index in [9.17, 15) is 4.79 Å². The van der Waals surface area contributed by atoms with Gasteiger partial charge in [0.15, 0.2) is 0 Å². The molecule has 3 aromatic rings. The Labute approximate surface area is 194 Å². The molecule has 0 amide bonds. The van der Waals surface area contributed by atoms with E-state index in [0.29, 0.717) is 13.2 Å². The highest BCUT2D eigenvalue weighted by Gasteiger charge is 2.27. The minimum atomic E-state index is -0.0714. The third kappa shape index (κ3) is 5.22. The Morgan fingerprint density at radius 2 is 1.94 bits per heavy atom. The number of pyridine rings is 1. The summed E-state index contributed by atoms with van der Waals surface area (Å²) in [6.45, 7) is 7.44. The quantitative estimate of drug-likeness (QED) is 0.496. The average molecular weight is 452 g/mol. The van der Waals surface area contributed by atoms with Gasteiger partial charge in [0.1, 0.15) is 5.82 Å². The second-order valence-corrected chi connectivity index (χ2v) is 8.80. The number of para-hydroxylation sites is 1. The maximum absolute atomic E-state index is 12.2. The van der Waals surface area contributed by atoms with E-state index in [1.165, 1.54) is 11.1 Å². The highest BCUT2D eigenvalue weighted by molar-refractivity contribution is 6.30. The standard InChI is InChI=1S/C26H30ClN3O2/c1-3-32-26(31)20-10-12-30(13-11-20)25-22(15-21-8-4-6-18(2)24(21)29-25)17-28-16-19-7-5-9-23(27)14-19/h4-9,14-15,20,28H,3,10-13,16-17H2,1-2H3. The average Bonchev–Trinajstić information content (AvgIpc) is 2.79. The van der Waals surface area contributed by atoms with Crippen molar-refractivity contribution in [3.63, 3.8) is 0 Å². The van der Waals surface area contributed by atoms with Crippen LogP contribution in [-0.4, -0.2) is 30.6 Å². The fourth-order valence-electron chi connectivity index (χ4n) is 4.36. The lowest BCUT2D eigenvalue weighted by molar-refractivity contribution is -0.148. The summed E-state index contributed by atoms with van der Waals surface area (Å²) in [6, 6.07) is 16.5. The van der Waals surface area contributed by atoms with Crippen LogP contribution < -0.4 is 10.2 Å². The molecule has 0 atom stereocenters. The monoisotopic (exact) mass is 451 g/mol. The summed E-state index contributed by atoms with van der Waals surface area (Å²) in [6.07, 6.45) is 1.59. The Morgan fingerprint density at radius 3 is 2.69 bits per heavy atom. The number of benzene rings is 2. The van der Waals surface area contributed by atoms with Crippen LogP contribution in [0.1, 0.15) is 36.5 Å². The molecule has 0 aliphatic carbocycles. The second-order valence-electron chi connectivity index (χ2n) is 8.36. The second kappa shape index (κ2) is 10.3. The normalized spacial score (nSPS) is 14.7. The van der Waals surface area contributed by atoms with Gasteiger partial charge in [-0.15, -0.1) is 0 Å². The van der Waals surface area contributed by atoms with Crippen molar-refractivity contribution in [2.75, 3.05) is 24.6 Å². The Morgan fingerprint density at radius 1 is 1.16 bits per heavy atom. The van der Waals surface area contributed by atoms with Crippen LogP contribution in [0.3, 0.4) is 0 Å². The van der Waals surface area contributed by atoms with Crippen molar-refractivity contribution >= 4 is 34.3 Å². The fourth-order valence-corrected chi connectivity index (χ4v) is 4.57. The lowest BCUT2D eigenvalue weighted by atomic mass is 9.96. The zero-order chi connectivity index (χ0) is 22.5. The predicted molar refractivity (Wildman–Crippen MR) is 130 cm³/mol. The van der Waals surface area contributed by atoms with Crippen LogP contribution in [0.15, 0.2) is 48.5 Å². The molecular weight excluding hydrogens is 422 g/mol. The number of halogens is 1. The minimum absolute atomic E-state index is 0.0159. The number of rotatable bonds is 7. The molecule has 168 valence electrons. The van der Waals surface area contributed by atoms with Crippen molar-refractivity contribution in [3.8, 4) is 0 Å². The third-order valence-corrected chi connectivity index (χ3v) is 6.29. The number of aryl methyl sites for hydroxylation is 1. The molecule has 1 aliphatic heterocycles. The Bertz CT molecular complexity index is 1090. The van der Waals surface area contributed by atoms with Crippen LogP contribution in [0.4, 0.5) is 5.82 Å². The summed E-state index contributed by atoms with van der Waals surface area (Å²) in [4.78, 5) is 19.6. The zero-order valence-corrected chi connectivity index (χ0v) is 19.5. The molecule has 32 heavy (non-hydrogen) atoms. The summed E-state index contributed by atoms with van der Waals surface area (Å²) in [5.41, 5.74) is 4.52. The molecule has 1 N–H and O–H groups in total. The maximum atomic E-state index is 12.2. The van der Waals surface area contributed by atoms with Crippen LogP contribution in [-0.2, 0) is 22.6 Å². The smallest absolute Gasteiger partial charge is 0.309 e. The number of aromatic nitrogens is 1. The number of anilines is 1. The van der Waals surface area contributed by atoms with Crippen molar-refractivity contribution in [2.24, 2.45) is 5.92 Å². The topological polar surface area (TPSA) is 54.5 Å². The first-order valence-electron chi connectivity index (χ1n) is 11.3. The summed E-state index contributed by atoms with van der Waals surface area (Å²) in [7, 11) is 0. The molecule has 6 heteroatoms. The Balaban J connectivity index is 1.54. The van der Waals surface area contributed by atoms with Crippen molar-refractivity contribution in [2.45, 2.75) is 39.8 Å². The number of carbonyl (C=O) groups is 1. The van der Waals surface area contributed by atoms with E-state index >= 15 is 0 Å². The fraction of sp³-hybridized carbons (Fsp3) is 0.385. The number of fused-ring (bicyclic) bond motifs is 1. The third-order valence-electron chi connectivity index (χ3n) is 6.05. The molecule has 1 aromatic heterocycles. The molecule has 1 fully saturated rings. The van der Waals surface area contributed by atoms with Crippen molar-refractivity contribution in [1.29, 1.82) is 0 Å². The van der Waals surface area contributed by atoms with Gasteiger partial charge in [-0.3, -0.25) is 4.79 Å². The summed E-state index contributed by atoms with van der Waals surface area (Å²) in [5.74, 6) is 0.920. The van der Waals surface area contributed by atoms with Crippen molar-refractivity contribution < 1.29 is 9.53 Å². The van der Waals surface area contributed by atoms with Gasteiger partial charge in [0, 0.05) is 42.2 Å². The number of esters is 1. The zero-order valence-electron chi connectivity index (χ0n) is 18.7. The number of hydrogen-bond acceptors (Lipinski definition) is 5. The number of ether oxygens (including phenoxy) is 1. The van der Waals surface area contributed by atoms with Gasteiger partial charge in [0.25, 0.3) is 0 Å². The Kier molecular flexibility index (Phi) is 7.28. The molecule has 4 rings (SSSR count). The number of nitrogens with one attached hydrogen (secondary N) is 1. The Hall–Kier alpha value is -2.63. The van der Waals surface area contributed by atoms with E-state index in [4.69, 9.17) is 21.3 Å². The molecule has 5 nitrogen and oxygen atoms in total. The molecule has 2 heterocycles. The molecule has 0 spiro atoms. The minimum Gasteiger partial charge on any atom is -0.466 e. The molecule has 1 saturated heterocycles. The lowest BCUT2D eigenvalue weighted by Gasteiger charge is -2.33. The molecule has 1 aliphatic rings. The van der Waals surface area contributed by atoms with Gasteiger partial charge in [-0.05, 0) is 56.0 Å². The van der Waals surface area contributed by atoms with Gasteiger partial charge in [-0.1, -0.05) is 41.9 Å². The number of carbonyl (C=O) groups excluding carboxylic acids is 1. The maximum Gasteiger partial charge on any atom is 0.309 e. The van der Waals surface area contributed by atoms with Gasteiger partial charge in [0.05, 0.1) is 18.0 Å². The van der Waals surface area contributed by atoms with Crippen molar-refractivity contribution in [3.05, 3.63) is 70.2 Å². The predicted octanol–water partition coefficient (Wildman–Crippen LogP) is 5.27. The first kappa shape index (κ1) is 22.6. The number of nitrogens with zero attached hydrogens (tertiary/aromatic N) is 2. The van der Waals surface area contributed by atoms with Crippen molar-refractivity contribution in [1.82, 2.24) is 10.3 Å². The van der Waals surface area contributed by atoms with Crippen LogP contribution in [0.25, 0.3) is 10.9 Å². The molecule has 0 unspecified atom stereocenters. The van der Waals surface area contributed by atoms with Crippen LogP contribution >= 0.6 is 11.6 Å². The van der Waals surface area contributed by atoms with Gasteiger partial charge in [0.2, 0.25) is 0 Å². The SMILES string of the molecule is CCOC(=O)C1CCN(c2nc3c(C)cccc3cc2CNCc2cccc(Cl)c2)CC1. The van der Waals surface area contributed by atoms with Crippen LogP contribution in [0.2, 0.25) is 5.02 Å². The van der Waals surface area contributed by atoms with E-state index in [1.807, 2.05) is 25.1 Å². The first-order valence-corrected chi connectivity index (χ1v) is 11.7. The van der Waals surface area contributed by atoms with Gasteiger partial charge >= 0.3 is 5.97 Å². The van der Waals surface area contributed by atoms with Gasteiger partial charge in [-0.25, -0.2) is 4.98 Å². The largest absolute Gasteiger partial charge is 0.466 e. The number of hydrogen-bond donors (Lipinski definition) is 1. The molecule has 0 bridgehead atoms. The van der Waals surface area contributed by atoms with E-state index in [1.54, 1.807) is 0 Å². The van der Waals surface area contributed by atoms with Crippen LogP contribution in [0.5, 0.6) is 0 Å². The lowest BCUT2D eigenvalue weighted by Crippen LogP contribution is -2.38. The molecular formula is C26H30ClN3O2.